The van der Waals surface area contributed by atoms with Gasteiger partial charge in [0.15, 0.2) is 5.13 Å². The van der Waals surface area contributed by atoms with E-state index in [0.717, 1.165) is 28.6 Å². The van der Waals surface area contributed by atoms with Gasteiger partial charge in [0, 0.05) is 23.6 Å². The van der Waals surface area contributed by atoms with E-state index in [1.54, 1.807) is 18.3 Å². The fraction of sp³-hybridized carbons (Fsp3) is 0.100. The van der Waals surface area contributed by atoms with Crippen LogP contribution in [0.1, 0.15) is 21.6 Å². The largest absolute Gasteiger partial charge is 0.417 e. The summed E-state index contributed by atoms with van der Waals surface area (Å²) in [6, 6.07) is 8.72. The van der Waals surface area contributed by atoms with Crippen molar-refractivity contribution in [2.24, 2.45) is 0 Å². The Morgan fingerprint density at radius 2 is 1.90 bits per heavy atom. The second-order valence-electron chi connectivity index (χ2n) is 6.08. The van der Waals surface area contributed by atoms with Crippen molar-refractivity contribution in [2.45, 2.75) is 12.6 Å². The van der Waals surface area contributed by atoms with Crippen LogP contribution < -0.4 is 5.32 Å². The second kappa shape index (κ2) is 9.39. The van der Waals surface area contributed by atoms with Gasteiger partial charge in [-0.25, -0.2) is 4.98 Å². The van der Waals surface area contributed by atoms with Gasteiger partial charge in [0.05, 0.1) is 20.6 Å². The Labute approximate surface area is 189 Å². The van der Waals surface area contributed by atoms with Crippen molar-refractivity contribution in [1.82, 2.24) is 4.98 Å². The molecule has 1 N–H and O–H groups in total. The number of carbonyl (C=O) groups is 1. The van der Waals surface area contributed by atoms with E-state index in [1.165, 1.54) is 23.5 Å². The first-order valence-electron chi connectivity index (χ1n) is 8.37. The minimum absolute atomic E-state index is 0.192. The molecule has 1 aromatic heterocycles. The third kappa shape index (κ3) is 5.76. The van der Waals surface area contributed by atoms with Crippen LogP contribution >= 0.6 is 46.1 Å². The first kappa shape index (κ1) is 22.6. The first-order valence-corrected chi connectivity index (χ1v) is 10.3. The van der Waals surface area contributed by atoms with Crippen molar-refractivity contribution >= 4 is 63.3 Å². The standard InChI is InChI=1S/C20H12Cl3F3N2OS/c21-15-6-4-11(8-14(15)20(24,25)26)5-7-17(29)28-19-27-10-13(30-19)9-12-2-1-3-16(22)18(12)23/h1-8,10H,9H2,(H,27,28,29)/b7-5+. The molecule has 0 aliphatic carbocycles. The molecule has 0 unspecified atom stereocenters. The first-order chi connectivity index (χ1) is 14.1. The van der Waals surface area contributed by atoms with E-state index in [9.17, 15) is 18.0 Å². The van der Waals surface area contributed by atoms with E-state index in [1.807, 2.05) is 6.07 Å². The molecule has 0 radical (unpaired) electrons. The molecule has 0 saturated heterocycles. The molecule has 2 aromatic carbocycles. The minimum Gasteiger partial charge on any atom is -0.298 e. The molecule has 156 valence electrons. The molecule has 0 spiro atoms. The molecule has 3 aromatic rings. The predicted octanol–water partition coefficient (Wildman–Crippen LogP) is 7.36. The van der Waals surface area contributed by atoms with Crippen LogP contribution in [0.25, 0.3) is 6.08 Å². The van der Waals surface area contributed by atoms with Crippen LogP contribution in [0.4, 0.5) is 18.3 Å². The van der Waals surface area contributed by atoms with Gasteiger partial charge >= 0.3 is 6.18 Å². The summed E-state index contributed by atoms with van der Waals surface area (Å²) in [5, 5.41) is 3.44. The summed E-state index contributed by atoms with van der Waals surface area (Å²) in [7, 11) is 0. The van der Waals surface area contributed by atoms with Gasteiger partial charge in [-0.2, -0.15) is 13.2 Å². The summed E-state index contributed by atoms with van der Waals surface area (Å²) in [6.07, 6.45) is -0.0877. The Kier molecular flexibility index (Phi) is 7.08. The van der Waals surface area contributed by atoms with Crippen LogP contribution in [0.2, 0.25) is 15.1 Å². The molecule has 0 bridgehead atoms. The van der Waals surface area contributed by atoms with Gasteiger partial charge in [0.25, 0.3) is 0 Å². The lowest BCUT2D eigenvalue weighted by atomic mass is 10.1. The number of anilines is 1. The van der Waals surface area contributed by atoms with Crippen molar-refractivity contribution in [3.8, 4) is 0 Å². The molecule has 0 aliphatic rings. The highest BCUT2D eigenvalue weighted by atomic mass is 35.5. The topological polar surface area (TPSA) is 42.0 Å². The molecule has 0 aliphatic heterocycles. The number of hydrogen-bond acceptors (Lipinski definition) is 3. The van der Waals surface area contributed by atoms with Gasteiger partial charge in [-0.15, -0.1) is 11.3 Å². The molecule has 1 amide bonds. The fourth-order valence-electron chi connectivity index (χ4n) is 2.50. The SMILES string of the molecule is O=C(/C=C/c1ccc(Cl)c(C(F)(F)F)c1)Nc1ncc(Cc2cccc(Cl)c2Cl)s1. The number of halogens is 6. The summed E-state index contributed by atoms with van der Waals surface area (Å²) in [5.41, 5.74) is 0.0575. The normalized spacial score (nSPS) is 11.8. The number of aromatic nitrogens is 1. The van der Waals surface area contributed by atoms with Crippen LogP contribution in [-0.4, -0.2) is 10.9 Å². The van der Waals surface area contributed by atoms with Crippen LogP contribution in [0, 0.1) is 0 Å². The van der Waals surface area contributed by atoms with Crippen LogP contribution in [0.3, 0.4) is 0 Å². The van der Waals surface area contributed by atoms with Crippen LogP contribution in [-0.2, 0) is 17.4 Å². The number of amides is 1. The number of carbonyl (C=O) groups excluding carboxylic acids is 1. The zero-order valence-electron chi connectivity index (χ0n) is 14.9. The van der Waals surface area contributed by atoms with E-state index in [2.05, 4.69) is 10.3 Å². The zero-order valence-corrected chi connectivity index (χ0v) is 18.0. The summed E-state index contributed by atoms with van der Waals surface area (Å²) < 4.78 is 38.7. The highest BCUT2D eigenvalue weighted by molar-refractivity contribution is 7.15. The Hall–Kier alpha value is -2.06. The maximum Gasteiger partial charge on any atom is 0.417 e. The van der Waals surface area contributed by atoms with E-state index >= 15 is 0 Å². The number of nitrogens with one attached hydrogen (secondary N) is 1. The Morgan fingerprint density at radius 1 is 1.13 bits per heavy atom. The third-order valence-corrected chi connectivity index (χ3v) is 6.00. The van der Waals surface area contributed by atoms with Crippen molar-refractivity contribution in [3.63, 3.8) is 0 Å². The Balaban J connectivity index is 1.65. The highest BCUT2D eigenvalue weighted by Gasteiger charge is 2.33. The van der Waals surface area contributed by atoms with Crippen molar-refractivity contribution < 1.29 is 18.0 Å². The van der Waals surface area contributed by atoms with Crippen molar-refractivity contribution in [3.05, 3.63) is 85.3 Å². The summed E-state index contributed by atoms with van der Waals surface area (Å²) in [5.74, 6) is -0.528. The maximum absolute atomic E-state index is 12.9. The van der Waals surface area contributed by atoms with E-state index in [0.29, 0.717) is 21.6 Å². The predicted molar refractivity (Wildman–Crippen MR) is 115 cm³/mol. The fourth-order valence-corrected chi connectivity index (χ4v) is 3.95. The number of benzene rings is 2. The number of alkyl halides is 3. The van der Waals surface area contributed by atoms with Crippen molar-refractivity contribution in [1.29, 1.82) is 0 Å². The van der Waals surface area contributed by atoms with Gasteiger partial charge in [-0.1, -0.05) is 53.0 Å². The number of thiazole rings is 1. The van der Waals surface area contributed by atoms with E-state index in [4.69, 9.17) is 34.8 Å². The Bertz CT molecular complexity index is 1110. The molecule has 0 atom stereocenters. The lowest BCUT2D eigenvalue weighted by Gasteiger charge is -2.09. The molecule has 30 heavy (non-hydrogen) atoms. The zero-order chi connectivity index (χ0) is 21.9. The summed E-state index contributed by atoms with van der Waals surface area (Å²) in [4.78, 5) is 17.1. The lowest BCUT2D eigenvalue weighted by molar-refractivity contribution is -0.137. The molecule has 10 heteroatoms. The minimum atomic E-state index is -4.58. The summed E-state index contributed by atoms with van der Waals surface area (Å²) >= 11 is 19.0. The van der Waals surface area contributed by atoms with E-state index in [-0.39, 0.29) is 5.56 Å². The van der Waals surface area contributed by atoms with Gasteiger partial charge in [-0.3, -0.25) is 10.1 Å². The average molecular weight is 492 g/mol. The lowest BCUT2D eigenvalue weighted by Crippen LogP contribution is -2.07. The van der Waals surface area contributed by atoms with Gasteiger partial charge in [0.2, 0.25) is 5.91 Å². The van der Waals surface area contributed by atoms with Crippen LogP contribution in [0.5, 0.6) is 0 Å². The monoisotopic (exact) mass is 490 g/mol. The number of nitrogens with zero attached hydrogens (tertiary/aromatic N) is 1. The molecular formula is C20H12Cl3F3N2OS. The Morgan fingerprint density at radius 3 is 2.63 bits per heavy atom. The summed E-state index contributed by atoms with van der Waals surface area (Å²) in [6.45, 7) is 0. The number of rotatable bonds is 5. The molecular weight excluding hydrogens is 480 g/mol. The second-order valence-corrected chi connectivity index (χ2v) is 8.39. The quantitative estimate of drug-likeness (QED) is 0.379. The third-order valence-electron chi connectivity index (χ3n) is 3.90. The average Bonchev–Trinajstić information content (AvgIpc) is 3.10. The van der Waals surface area contributed by atoms with Gasteiger partial charge in [0.1, 0.15) is 0 Å². The highest BCUT2D eigenvalue weighted by Crippen LogP contribution is 2.35. The van der Waals surface area contributed by atoms with Crippen LogP contribution in [0.15, 0.2) is 48.7 Å². The molecule has 3 rings (SSSR count). The molecule has 0 fully saturated rings. The van der Waals surface area contributed by atoms with E-state index < -0.39 is 22.7 Å². The molecule has 3 nitrogen and oxygen atoms in total. The van der Waals surface area contributed by atoms with Gasteiger partial charge in [-0.05, 0) is 35.4 Å². The van der Waals surface area contributed by atoms with Gasteiger partial charge < -0.3 is 0 Å². The molecule has 0 saturated carbocycles. The maximum atomic E-state index is 12.9. The number of hydrogen-bond donors (Lipinski definition) is 1. The molecule has 1 heterocycles. The smallest absolute Gasteiger partial charge is 0.298 e. The van der Waals surface area contributed by atoms with Crippen molar-refractivity contribution in [2.75, 3.05) is 5.32 Å².